The minimum absolute atomic E-state index is 0.441. The van der Waals surface area contributed by atoms with Crippen LogP contribution in [0.2, 0.25) is 0 Å². The Morgan fingerprint density at radius 1 is 1.20 bits per heavy atom. The van der Waals surface area contributed by atoms with E-state index < -0.39 is 19.8 Å². The number of hydrogen-bond acceptors (Lipinski definition) is 0. The van der Waals surface area contributed by atoms with Crippen LogP contribution >= 0.6 is 40.6 Å². The van der Waals surface area contributed by atoms with E-state index in [9.17, 15) is 0 Å². The molecule has 2 rings (SSSR count). The van der Waals surface area contributed by atoms with Crippen LogP contribution in [-0.2, 0) is 0 Å². The minimum atomic E-state index is -0.441. The molecule has 0 aromatic rings. The van der Waals surface area contributed by atoms with Gasteiger partial charge in [-0.25, -0.2) is 0 Å². The zero-order chi connectivity index (χ0) is 10.5. The van der Waals surface area contributed by atoms with E-state index in [1.54, 1.807) is 43.4 Å². The van der Waals surface area contributed by atoms with E-state index in [2.05, 4.69) is 10.4 Å². The molecular formula is C13H24I2. The van der Waals surface area contributed by atoms with E-state index in [-0.39, 0.29) is 0 Å². The molecule has 0 bridgehead atoms. The van der Waals surface area contributed by atoms with Gasteiger partial charge in [0, 0.05) is 0 Å². The van der Waals surface area contributed by atoms with Crippen molar-refractivity contribution >= 4 is 44.1 Å². The van der Waals surface area contributed by atoms with Crippen LogP contribution in [0.25, 0.3) is 0 Å². The van der Waals surface area contributed by atoms with Crippen LogP contribution in [-0.4, -0.2) is 21.2 Å². The second kappa shape index (κ2) is 6.92. The number of halogens is 2. The van der Waals surface area contributed by atoms with E-state index in [1.165, 1.54) is 12.8 Å². The topological polar surface area (TPSA) is 0 Å². The van der Waals surface area contributed by atoms with Crippen molar-refractivity contribution in [3.8, 4) is 0 Å². The first-order chi connectivity index (χ1) is 7.34. The molecule has 1 fully saturated rings. The van der Waals surface area contributed by atoms with Gasteiger partial charge >= 0.3 is 113 Å². The number of rotatable bonds is 2. The average Bonchev–Trinajstić information content (AvgIpc) is 2.50. The van der Waals surface area contributed by atoms with Gasteiger partial charge in [-0.3, -0.25) is 0 Å². The average molecular weight is 434 g/mol. The molecule has 90 valence electrons. The number of alkyl halides is 4. The van der Waals surface area contributed by atoms with E-state index in [0.29, 0.717) is 20.7 Å². The second-order valence-electron chi connectivity index (χ2n) is 4.91. The molecule has 0 aromatic carbocycles. The SMILES string of the molecule is CC1CCI(CC2=ICCCCC2)CC1. The van der Waals surface area contributed by atoms with Gasteiger partial charge < -0.3 is 0 Å². The van der Waals surface area contributed by atoms with Crippen LogP contribution < -0.4 is 0 Å². The van der Waals surface area contributed by atoms with Crippen molar-refractivity contribution in [2.24, 2.45) is 5.92 Å². The van der Waals surface area contributed by atoms with E-state index in [1.807, 2.05) is 0 Å². The predicted molar refractivity (Wildman–Crippen MR) is 89.4 cm³/mol. The fourth-order valence-corrected chi connectivity index (χ4v) is 15.7. The molecule has 0 radical (unpaired) electrons. The quantitative estimate of drug-likeness (QED) is 0.439. The number of hydrogen-bond donors (Lipinski definition) is 0. The Morgan fingerprint density at radius 3 is 2.80 bits per heavy atom. The molecule has 0 atom stereocenters. The van der Waals surface area contributed by atoms with Crippen molar-refractivity contribution in [1.29, 1.82) is 0 Å². The van der Waals surface area contributed by atoms with Crippen molar-refractivity contribution < 1.29 is 0 Å². The van der Waals surface area contributed by atoms with Crippen molar-refractivity contribution in [1.82, 2.24) is 0 Å². The van der Waals surface area contributed by atoms with Crippen LogP contribution in [0.3, 0.4) is 0 Å². The van der Waals surface area contributed by atoms with Gasteiger partial charge in [0.15, 0.2) is 0 Å². The molecule has 2 aliphatic rings. The molecule has 0 aliphatic carbocycles. The molecule has 0 amide bonds. The molecule has 15 heavy (non-hydrogen) atoms. The van der Waals surface area contributed by atoms with Gasteiger partial charge in [-0.2, -0.15) is 0 Å². The van der Waals surface area contributed by atoms with E-state index in [0.717, 1.165) is 5.92 Å². The Bertz CT molecular complexity index is 215. The van der Waals surface area contributed by atoms with Gasteiger partial charge in [-0.15, -0.1) is 0 Å². The van der Waals surface area contributed by atoms with E-state index >= 15 is 0 Å². The summed E-state index contributed by atoms with van der Waals surface area (Å²) in [6, 6.07) is 0. The summed E-state index contributed by atoms with van der Waals surface area (Å²) in [6.07, 6.45) is 9.34. The third-order valence-electron chi connectivity index (χ3n) is 3.44. The summed E-state index contributed by atoms with van der Waals surface area (Å²) >= 11 is 0.0974. The Balaban J connectivity index is 1.77. The van der Waals surface area contributed by atoms with Crippen LogP contribution in [0.15, 0.2) is 0 Å². The molecule has 2 heterocycles. The standard InChI is InChI=1S/C13H24I2/c1-12-6-9-15(10-7-12)11-13-5-3-2-4-8-14-13/h12H,2-11H2,1H3. The second-order valence-corrected chi connectivity index (χ2v) is 14.4. The van der Waals surface area contributed by atoms with Gasteiger partial charge in [0.25, 0.3) is 0 Å². The zero-order valence-electron chi connectivity index (χ0n) is 9.90. The Labute approximate surface area is 112 Å². The van der Waals surface area contributed by atoms with Crippen LogP contribution in [0.5, 0.6) is 0 Å². The summed E-state index contributed by atoms with van der Waals surface area (Å²) in [5.74, 6) is 1.06. The maximum atomic E-state index is 2.46. The van der Waals surface area contributed by atoms with Gasteiger partial charge in [0.1, 0.15) is 0 Å². The molecule has 0 unspecified atom stereocenters. The monoisotopic (exact) mass is 434 g/mol. The molecule has 0 nitrogen and oxygen atoms in total. The maximum absolute atomic E-state index is 2.46. The summed E-state index contributed by atoms with van der Waals surface area (Å²) in [5, 5.41) is 0. The van der Waals surface area contributed by atoms with Crippen molar-refractivity contribution in [3.63, 3.8) is 0 Å². The summed E-state index contributed by atoms with van der Waals surface area (Å²) in [7, 11) is 0. The Kier molecular flexibility index (Phi) is 5.89. The van der Waals surface area contributed by atoms with Crippen LogP contribution in [0.1, 0.15) is 45.4 Å². The molecule has 2 heteroatoms. The summed E-state index contributed by atoms with van der Waals surface area (Å²) < 4.78 is 8.81. The van der Waals surface area contributed by atoms with Crippen molar-refractivity contribution in [2.45, 2.75) is 45.4 Å². The van der Waals surface area contributed by atoms with Gasteiger partial charge in [0.05, 0.1) is 0 Å². The molecule has 0 spiro atoms. The molecule has 0 N–H and O–H groups in total. The van der Waals surface area contributed by atoms with E-state index in [4.69, 9.17) is 0 Å². The zero-order valence-corrected chi connectivity index (χ0v) is 14.2. The fraction of sp³-hybridized carbons (Fsp3) is 0.923. The Hall–Kier alpha value is 1.33. The first kappa shape index (κ1) is 12.8. The van der Waals surface area contributed by atoms with Crippen LogP contribution in [0.4, 0.5) is 0 Å². The van der Waals surface area contributed by atoms with Crippen molar-refractivity contribution in [2.75, 3.05) is 17.7 Å². The molecule has 1 saturated heterocycles. The third-order valence-corrected chi connectivity index (χ3v) is 14.5. The van der Waals surface area contributed by atoms with Gasteiger partial charge in [0.2, 0.25) is 0 Å². The first-order valence-electron chi connectivity index (χ1n) is 6.36. The molecule has 0 saturated carbocycles. The Morgan fingerprint density at radius 2 is 2.00 bits per heavy atom. The summed E-state index contributed by atoms with van der Waals surface area (Å²) in [6.45, 7) is 2.46. The van der Waals surface area contributed by atoms with Gasteiger partial charge in [-0.05, 0) is 0 Å². The molecule has 0 aromatic heterocycles. The fourth-order valence-electron chi connectivity index (χ4n) is 2.22. The van der Waals surface area contributed by atoms with Gasteiger partial charge in [-0.1, -0.05) is 0 Å². The third kappa shape index (κ3) is 4.60. The summed E-state index contributed by atoms with van der Waals surface area (Å²) in [5.41, 5.74) is 0. The van der Waals surface area contributed by atoms with Crippen molar-refractivity contribution in [3.05, 3.63) is 0 Å². The van der Waals surface area contributed by atoms with Crippen LogP contribution in [0, 0.1) is 5.92 Å². The summed E-state index contributed by atoms with van der Waals surface area (Å²) in [4.78, 5) is 0. The first-order valence-corrected chi connectivity index (χ1v) is 13.5. The molecule has 2 aliphatic heterocycles. The predicted octanol–water partition coefficient (Wildman–Crippen LogP) is 4.64. The normalized spacial score (nSPS) is 27.8. The molecular weight excluding hydrogens is 410 g/mol.